The minimum atomic E-state index is -3.83. The summed E-state index contributed by atoms with van der Waals surface area (Å²) in [5.74, 6) is -1.19. The Bertz CT molecular complexity index is 1030. The van der Waals surface area contributed by atoms with Crippen LogP contribution >= 0.6 is 0 Å². The summed E-state index contributed by atoms with van der Waals surface area (Å²) in [6.45, 7) is 1.39. The minimum absolute atomic E-state index is 0.00493. The highest BCUT2D eigenvalue weighted by Gasteiger charge is 2.30. The van der Waals surface area contributed by atoms with Crippen LogP contribution in [0.2, 0.25) is 0 Å². The molecule has 0 unspecified atom stereocenters. The van der Waals surface area contributed by atoms with Crippen molar-refractivity contribution in [1.82, 2.24) is 4.72 Å². The number of anilines is 1. The number of carbonyl (C=O) groups excluding carboxylic acids is 2. The predicted octanol–water partition coefficient (Wildman–Crippen LogP) is 2.24. The fraction of sp³-hybridized carbons (Fsp3) is 0.300. The lowest BCUT2D eigenvalue weighted by molar-refractivity contribution is -0.119. The number of aryl methyl sites for hydroxylation is 1. The standard InChI is InChI=1S/C20H22N2O6S/c1-13-4-3-5-16(10-13)21-19(23)12-28-20(24)14-6-9-17(27-2)18(11-14)29(25,26)22-15-7-8-15/h3-6,9-11,15,22H,7-8,12H2,1-2H3,(H,21,23). The van der Waals surface area contributed by atoms with Gasteiger partial charge < -0.3 is 14.8 Å². The first kappa shape index (κ1) is 20.8. The van der Waals surface area contributed by atoms with E-state index in [-0.39, 0.29) is 22.3 Å². The first-order chi connectivity index (χ1) is 13.8. The zero-order valence-corrected chi connectivity index (χ0v) is 16.9. The fourth-order valence-corrected chi connectivity index (χ4v) is 4.13. The van der Waals surface area contributed by atoms with Crippen LogP contribution in [0.15, 0.2) is 47.4 Å². The Kier molecular flexibility index (Phi) is 6.19. The van der Waals surface area contributed by atoms with Crippen molar-refractivity contribution in [3.05, 3.63) is 53.6 Å². The Balaban J connectivity index is 1.67. The Morgan fingerprint density at radius 2 is 1.90 bits per heavy atom. The Labute approximate surface area is 169 Å². The minimum Gasteiger partial charge on any atom is -0.495 e. The summed E-state index contributed by atoms with van der Waals surface area (Å²) in [5.41, 5.74) is 1.58. The molecule has 1 fully saturated rings. The molecule has 0 aliphatic heterocycles. The summed E-state index contributed by atoms with van der Waals surface area (Å²) in [5, 5.41) is 2.63. The number of amides is 1. The average molecular weight is 418 g/mol. The molecule has 1 aliphatic rings. The summed E-state index contributed by atoms with van der Waals surface area (Å²) < 4.78 is 37.7. The number of carbonyl (C=O) groups is 2. The van der Waals surface area contributed by atoms with Crippen LogP contribution in [-0.2, 0) is 19.6 Å². The highest BCUT2D eigenvalue weighted by atomic mass is 32.2. The Hall–Kier alpha value is -2.91. The van der Waals surface area contributed by atoms with Gasteiger partial charge in [0.25, 0.3) is 5.91 Å². The molecule has 0 aromatic heterocycles. The van der Waals surface area contributed by atoms with Crippen molar-refractivity contribution in [3.8, 4) is 5.75 Å². The molecule has 0 bridgehead atoms. The summed E-state index contributed by atoms with van der Waals surface area (Å²) >= 11 is 0. The van der Waals surface area contributed by atoms with Gasteiger partial charge in [-0.05, 0) is 55.7 Å². The van der Waals surface area contributed by atoms with Crippen LogP contribution in [-0.4, -0.2) is 40.1 Å². The van der Waals surface area contributed by atoms with Crippen LogP contribution in [0.3, 0.4) is 0 Å². The number of methoxy groups -OCH3 is 1. The molecule has 154 valence electrons. The van der Waals surface area contributed by atoms with Gasteiger partial charge in [-0.1, -0.05) is 12.1 Å². The largest absolute Gasteiger partial charge is 0.495 e. The van der Waals surface area contributed by atoms with Crippen molar-refractivity contribution < 1.29 is 27.5 Å². The maximum absolute atomic E-state index is 12.5. The molecule has 0 spiro atoms. The third kappa shape index (κ3) is 5.55. The van der Waals surface area contributed by atoms with Crippen LogP contribution in [0.1, 0.15) is 28.8 Å². The first-order valence-corrected chi connectivity index (χ1v) is 10.5. The fourth-order valence-electron chi connectivity index (χ4n) is 2.63. The highest BCUT2D eigenvalue weighted by molar-refractivity contribution is 7.89. The van der Waals surface area contributed by atoms with Crippen molar-refractivity contribution in [2.24, 2.45) is 0 Å². The topological polar surface area (TPSA) is 111 Å². The Morgan fingerprint density at radius 3 is 2.55 bits per heavy atom. The van der Waals surface area contributed by atoms with E-state index in [0.717, 1.165) is 18.4 Å². The van der Waals surface area contributed by atoms with E-state index in [0.29, 0.717) is 5.69 Å². The molecule has 0 atom stereocenters. The molecule has 3 rings (SSSR count). The van der Waals surface area contributed by atoms with E-state index in [1.54, 1.807) is 18.2 Å². The van der Waals surface area contributed by atoms with Crippen LogP contribution in [0.4, 0.5) is 5.69 Å². The normalized spacial score (nSPS) is 13.6. The van der Waals surface area contributed by atoms with Crippen molar-refractivity contribution in [1.29, 1.82) is 0 Å². The average Bonchev–Trinajstić information content (AvgIpc) is 3.49. The van der Waals surface area contributed by atoms with E-state index >= 15 is 0 Å². The highest BCUT2D eigenvalue weighted by Crippen LogP contribution is 2.28. The van der Waals surface area contributed by atoms with Gasteiger partial charge in [0, 0.05) is 11.7 Å². The van der Waals surface area contributed by atoms with E-state index < -0.39 is 28.5 Å². The van der Waals surface area contributed by atoms with E-state index in [1.165, 1.54) is 25.3 Å². The molecule has 8 nitrogen and oxygen atoms in total. The third-order valence-electron chi connectivity index (χ3n) is 4.22. The number of ether oxygens (including phenoxy) is 2. The van der Waals surface area contributed by atoms with E-state index in [1.807, 2.05) is 13.0 Å². The number of benzene rings is 2. The van der Waals surface area contributed by atoms with Crippen LogP contribution in [0.25, 0.3) is 0 Å². The van der Waals surface area contributed by atoms with Gasteiger partial charge in [-0.25, -0.2) is 17.9 Å². The molecule has 29 heavy (non-hydrogen) atoms. The summed E-state index contributed by atoms with van der Waals surface area (Å²) in [6.07, 6.45) is 1.55. The van der Waals surface area contributed by atoms with Gasteiger partial charge in [-0.3, -0.25) is 4.79 Å². The van der Waals surface area contributed by atoms with E-state index in [4.69, 9.17) is 9.47 Å². The molecule has 2 N–H and O–H groups in total. The van der Waals surface area contributed by atoms with E-state index in [2.05, 4.69) is 10.0 Å². The zero-order chi connectivity index (χ0) is 21.0. The van der Waals surface area contributed by atoms with Gasteiger partial charge in [0.2, 0.25) is 10.0 Å². The zero-order valence-electron chi connectivity index (χ0n) is 16.1. The molecule has 1 saturated carbocycles. The summed E-state index contributed by atoms with van der Waals surface area (Å²) in [4.78, 5) is 24.2. The second-order valence-corrected chi connectivity index (χ2v) is 8.44. The lowest BCUT2D eigenvalue weighted by atomic mass is 10.2. The van der Waals surface area contributed by atoms with Crippen molar-refractivity contribution in [2.45, 2.75) is 30.7 Å². The van der Waals surface area contributed by atoms with Crippen molar-refractivity contribution >= 4 is 27.6 Å². The second-order valence-electron chi connectivity index (χ2n) is 6.75. The first-order valence-electron chi connectivity index (χ1n) is 9.02. The molecule has 2 aromatic rings. The third-order valence-corrected chi connectivity index (χ3v) is 5.77. The smallest absolute Gasteiger partial charge is 0.338 e. The van der Waals surface area contributed by atoms with Crippen molar-refractivity contribution in [3.63, 3.8) is 0 Å². The number of rotatable bonds is 8. The SMILES string of the molecule is COc1ccc(C(=O)OCC(=O)Nc2cccc(C)c2)cc1S(=O)(=O)NC1CC1. The molecule has 2 aromatic carbocycles. The summed E-state index contributed by atoms with van der Waals surface area (Å²) in [7, 11) is -2.49. The second kappa shape index (κ2) is 8.62. The number of nitrogens with one attached hydrogen (secondary N) is 2. The quantitative estimate of drug-likeness (QED) is 0.636. The van der Waals surface area contributed by atoms with Crippen LogP contribution in [0.5, 0.6) is 5.75 Å². The molecule has 0 heterocycles. The molecule has 0 saturated heterocycles. The molecule has 9 heteroatoms. The maximum atomic E-state index is 12.5. The monoisotopic (exact) mass is 418 g/mol. The Morgan fingerprint density at radius 1 is 1.14 bits per heavy atom. The number of hydrogen-bond donors (Lipinski definition) is 2. The van der Waals surface area contributed by atoms with Gasteiger partial charge in [0.05, 0.1) is 12.7 Å². The molecule has 1 amide bonds. The lowest BCUT2D eigenvalue weighted by Crippen LogP contribution is -2.26. The van der Waals surface area contributed by atoms with Gasteiger partial charge in [-0.2, -0.15) is 0 Å². The number of sulfonamides is 1. The molecule has 1 aliphatic carbocycles. The number of esters is 1. The van der Waals surface area contributed by atoms with Crippen LogP contribution in [0, 0.1) is 6.92 Å². The molecular formula is C20H22N2O6S. The predicted molar refractivity (Wildman–Crippen MR) is 106 cm³/mol. The molecule has 0 radical (unpaired) electrons. The van der Waals surface area contributed by atoms with Gasteiger partial charge in [-0.15, -0.1) is 0 Å². The van der Waals surface area contributed by atoms with Crippen molar-refractivity contribution in [2.75, 3.05) is 19.0 Å². The van der Waals surface area contributed by atoms with Gasteiger partial charge >= 0.3 is 5.97 Å². The number of hydrogen-bond acceptors (Lipinski definition) is 6. The van der Waals surface area contributed by atoms with E-state index in [9.17, 15) is 18.0 Å². The molecular weight excluding hydrogens is 396 g/mol. The lowest BCUT2D eigenvalue weighted by Gasteiger charge is -2.12. The van der Waals surface area contributed by atoms with Gasteiger partial charge in [0.15, 0.2) is 6.61 Å². The van der Waals surface area contributed by atoms with Crippen LogP contribution < -0.4 is 14.8 Å². The maximum Gasteiger partial charge on any atom is 0.338 e. The summed E-state index contributed by atoms with van der Waals surface area (Å²) in [6, 6.07) is 11.1. The van der Waals surface area contributed by atoms with Gasteiger partial charge in [0.1, 0.15) is 10.6 Å².